The largest absolute Gasteiger partial charge is 0.480 e. The highest BCUT2D eigenvalue weighted by Gasteiger charge is 2.13. The predicted molar refractivity (Wildman–Crippen MR) is 72.6 cm³/mol. The van der Waals surface area contributed by atoms with Gasteiger partial charge in [-0.2, -0.15) is 12.7 Å². The van der Waals surface area contributed by atoms with E-state index in [0.29, 0.717) is 5.69 Å². The number of amides is 1. The molecule has 0 aliphatic rings. The maximum absolute atomic E-state index is 11.6. The zero-order valence-corrected chi connectivity index (χ0v) is 11.8. The molecule has 8 nitrogen and oxygen atoms in total. The number of carbonyl (C=O) groups is 2. The maximum atomic E-state index is 11.6. The van der Waals surface area contributed by atoms with E-state index in [1.807, 2.05) is 0 Å². The van der Waals surface area contributed by atoms with Crippen molar-refractivity contribution in [1.29, 1.82) is 0 Å². The molecular weight excluding hydrogens is 286 g/mol. The molecule has 0 bridgehead atoms. The van der Waals surface area contributed by atoms with E-state index in [9.17, 15) is 18.0 Å². The number of carboxylic acids is 1. The summed E-state index contributed by atoms with van der Waals surface area (Å²) in [4.78, 5) is 21.8. The number of hydrogen-bond acceptors (Lipinski definition) is 4. The molecule has 9 heteroatoms. The first-order valence-corrected chi connectivity index (χ1v) is 6.96. The number of anilines is 1. The lowest BCUT2D eigenvalue weighted by molar-refractivity contribution is -0.135. The van der Waals surface area contributed by atoms with Gasteiger partial charge in [0, 0.05) is 25.3 Å². The molecule has 0 atom stereocenters. The number of carbonyl (C=O) groups excluding carboxylic acids is 1. The van der Waals surface area contributed by atoms with Crippen molar-refractivity contribution in [2.75, 3.05) is 25.4 Å². The lowest BCUT2D eigenvalue weighted by Crippen LogP contribution is -2.29. The van der Waals surface area contributed by atoms with Crippen LogP contribution in [-0.2, 0) is 15.0 Å². The van der Waals surface area contributed by atoms with Crippen LogP contribution in [0.4, 0.5) is 5.69 Å². The molecule has 1 aromatic rings. The second-order valence-electron chi connectivity index (χ2n) is 4.04. The molecule has 0 saturated carbocycles. The Hall–Kier alpha value is -2.13. The molecule has 0 aliphatic heterocycles. The molecule has 0 fully saturated rings. The van der Waals surface area contributed by atoms with Gasteiger partial charge in [-0.3, -0.25) is 14.3 Å². The summed E-state index contributed by atoms with van der Waals surface area (Å²) >= 11 is 0. The Morgan fingerprint density at radius 2 is 1.75 bits per heavy atom. The van der Waals surface area contributed by atoms with Crippen molar-refractivity contribution >= 4 is 27.8 Å². The van der Waals surface area contributed by atoms with Gasteiger partial charge >= 0.3 is 16.2 Å². The average Bonchev–Trinajstić information content (AvgIpc) is 2.36. The molecule has 3 N–H and O–H groups in total. The van der Waals surface area contributed by atoms with Gasteiger partial charge in [0.1, 0.15) is 6.54 Å². The smallest absolute Gasteiger partial charge is 0.322 e. The summed E-state index contributed by atoms with van der Waals surface area (Å²) in [6.45, 7) is -0.478. The van der Waals surface area contributed by atoms with E-state index in [1.54, 1.807) is 0 Å². The van der Waals surface area contributed by atoms with E-state index >= 15 is 0 Å². The second-order valence-corrected chi connectivity index (χ2v) is 5.93. The molecule has 1 amide bonds. The van der Waals surface area contributed by atoms with Gasteiger partial charge in [0.2, 0.25) is 0 Å². The number of rotatable bonds is 6. The normalized spacial score (nSPS) is 11.2. The summed E-state index contributed by atoms with van der Waals surface area (Å²) in [5.41, 5.74) is 0.535. The first-order chi connectivity index (χ1) is 9.22. The predicted octanol–water partition coefficient (Wildman–Crippen LogP) is -0.281. The quantitative estimate of drug-likeness (QED) is 0.668. The SMILES string of the molecule is CN(C)S(=O)(=O)Nc1ccc(C(=O)NCC(=O)O)cc1. The van der Waals surface area contributed by atoms with Crippen molar-refractivity contribution < 1.29 is 23.1 Å². The van der Waals surface area contributed by atoms with E-state index in [2.05, 4.69) is 10.0 Å². The Labute approximate surface area is 116 Å². The first-order valence-electron chi connectivity index (χ1n) is 5.52. The van der Waals surface area contributed by atoms with Gasteiger partial charge in [-0.15, -0.1) is 0 Å². The van der Waals surface area contributed by atoms with Crippen LogP contribution >= 0.6 is 0 Å². The Bertz CT molecular complexity index is 595. The van der Waals surface area contributed by atoms with Crippen molar-refractivity contribution in [3.63, 3.8) is 0 Å². The Balaban J connectivity index is 2.74. The van der Waals surface area contributed by atoms with Gasteiger partial charge in [-0.05, 0) is 24.3 Å². The Morgan fingerprint density at radius 3 is 2.20 bits per heavy atom. The molecule has 0 unspecified atom stereocenters. The molecule has 1 rings (SSSR count). The fourth-order valence-corrected chi connectivity index (χ4v) is 1.80. The summed E-state index contributed by atoms with van der Waals surface area (Å²) in [5, 5.41) is 10.6. The highest BCUT2D eigenvalue weighted by atomic mass is 32.2. The van der Waals surface area contributed by atoms with E-state index in [4.69, 9.17) is 5.11 Å². The molecule has 110 valence electrons. The number of nitrogens with zero attached hydrogens (tertiary/aromatic N) is 1. The van der Waals surface area contributed by atoms with Crippen molar-refractivity contribution in [1.82, 2.24) is 9.62 Å². The van der Waals surface area contributed by atoms with Crippen molar-refractivity contribution in [3.8, 4) is 0 Å². The number of aliphatic carboxylic acids is 1. The summed E-state index contributed by atoms with van der Waals surface area (Å²) < 4.78 is 26.5. The molecule has 20 heavy (non-hydrogen) atoms. The highest BCUT2D eigenvalue weighted by molar-refractivity contribution is 7.90. The van der Waals surface area contributed by atoms with Crippen LogP contribution < -0.4 is 10.0 Å². The van der Waals surface area contributed by atoms with Crippen LogP contribution in [0.2, 0.25) is 0 Å². The number of hydrogen-bond donors (Lipinski definition) is 3. The fourth-order valence-electron chi connectivity index (χ4n) is 1.19. The molecule has 0 aromatic heterocycles. The third-order valence-electron chi connectivity index (χ3n) is 2.27. The lowest BCUT2D eigenvalue weighted by atomic mass is 10.2. The Morgan fingerprint density at radius 1 is 1.20 bits per heavy atom. The monoisotopic (exact) mass is 301 g/mol. The average molecular weight is 301 g/mol. The van der Waals surface area contributed by atoms with Crippen LogP contribution in [-0.4, -0.2) is 50.3 Å². The van der Waals surface area contributed by atoms with Crippen LogP contribution in [0.25, 0.3) is 0 Å². The van der Waals surface area contributed by atoms with Gasteiger partial charge in [0.25, 0.3) is 5.91 Å². The van der Waals surface area contributed by atoms with Crippen molar-refractivity contribution in [2.24, 2.45) is 0 Å². The zero-order chi connectivity index (χ0) is 15.3. The number of nitrogens with one attached hydrogen (secondary N) is 2. The number of carboxylic acid groups (broad SMARTS) is 1. The topological polar surface area (TPSA) is 116 Å². The van der Waals surface area contributed by atoms with E-state index in [0.717, 1.165) is 4.31 Å². The molecule has 0 radical (unpaired) electrons. The number of benzene rings is 1. The summed E-state index contributed by atoms with van der Waals surface area (Å²) in [6, 6.07) is 5.61. The van der Waals surface area contributed by atoms with Crippen LogP contribution in [0.5, 0.6) is 0 Å². The minimum absolute atomic E-state index is 0.235. The molecule has 1 aromatic carbocycles. The van der Waals surface area contributed by atoms with E-state index < -0.39 is 28.6 Å². The molecular formula is C11H15N3O5S. The highest BCUT2D eigenvalue weighted by Crippen LogP contribution is 2.12. The molecule has 0 aliphatic carbocycles. The summed E-state index contributed by atoms with van der Waals surface area (Å²) in [6.07, 6.45) is 0. The minimum Gasteiger partial charge on any atom is -0.480 e. The van der Waals surface area contributed by atoms with E-state index in [1.165, 1.54) is 38.4 Å². The van der Waals surface area contributed by atoms with Gasteiger partial charge in [-0.1, -0.05) is 0 Å². The van der Waals surface area contributed by atoms with Gasteiger partial charge < -0.3 is 10.4 Å². The van der Waals surface area contributed by atoms with Crippen molar-refractivity contribution in [2.45, 2.75) is 0 Å². The first kappa shape index (κ1) is 15.9. The fraction of sp³-hybridized carbons (Fsp3) is 0.273. The standard InChI is InChI=1S/C11H15N3O5S/c1-14(2)20(18,19)13-9-5-3-8(4-6-9)11(17)12-7-10(15)16/h3-6,13H,7H2,1-2H3,(H,12,17)(H,15,16). The van der Waals surface area contributed by atoms with Crippen molar-refractivity contribution in [3.05, 3.63) is 29.8 Å². The van der Waals surface area contributed by atoms with Gasteiger partial charge in [0.15, 0.2) is 0 Å². The third-order valence-corrected chi connectivity index (χ3v) is 3.73. The van der Waals surface area contributed by atoms with Crippen LogP contribution in [0.15, 0.2) is 24.3 Å². The van der Waals surface area contributed by atoms with Crippen LogP contribution in [0.1, 0.15) is 10.4 Å². The minimum atomic E-state index is -3.60. The maximum Gasteiger partial charge on any atom is 0.322 e. The Kier molecular flexibility index (Phi) is 5.06. The molecule has 0 spiro atoms. The van der Waals surface area contributed by atoms with Crippen LogP contribution in [0, 0.1) is 0 Å². The summed E-state index contributed by atoms with van der Waals surface area (Å²) in [7, 11) is -0.831. The lowest BCUT2D eigenvalue weighted by Gasteiger charge is -2.13. The molecule has 0 saturated heterocycles. The third kappa shape index (κ3) is 4.52. The molecule has 0 heterocycles. The zero-order valence-electron chi connectivity index (χ0n) is 11.0. The summed E-state index contributed by atoms with van der Waals surface area (Å²) in [5.74, 6) is -1.69. The second kappa shape index (κ2) is 6.35. The van der Waals surface area contributed by atoms with Gasteiger partial charge in [0.05, 0.1) is 0 Å². The van der Waals surface area contributed by atoms with Gasteiger partial charge in [-0.25, -0.2) is 0 Å². The van der Waals surface area contributed by atoms with E-state index in [-0.39, 0.29) is 5.56 Å². The van der Waals surface area contributed by atoms with Crippen LogP contribution in [0.3, 0.4) is 0 Å².